The zero-order valence-electron chi connectivity index (χ0n) is 9.62. The average molecular weight is 292 g/mol. The summed E-state index contributed by atoms with van der Waals surface area (Å²) in [6, 6.07) is 7.58. The van der Waals surface area contributed by atoms with E-state index in [4.69, 9.17) is 0 Å². The summed E-state index contributed by atoms with van der Waals surface area (Å²) in [5, 5.41) is 0. The molecular weight excluding hydrogens is 284 g/mol. The Bertz CT molecular complexity index is 911. The van der Waals surface area contributed by atoms with Crippen LogP contribution in [0.4, 0.5) is 0 Å². The van der Waals surface area contributed by atoms with Gasteiger partial charge in [-0.2, -0.15) is 16.8 Å². The highest BCUT2D eigenvalue weighted by Crippen LogP contribution is 2.36. The maximum atomic E-state index is 11.4. The molecule has 0 amide bonds. The van der Waals surface area contributed by atoms with Crippen LogP contribution in [0.3, 0.4) is 0 Å². The van der Waals surface area contributed by atoms with Gasteiger partial charge >= 0.3 is 0 Å². The molecule has 1 aromatic carbocycles. The van der Waals surface area contributed by atoms with Crippen molar-refractivity contribution in [1.29, 1.82) is 0 Å². The molecule has 96 valence electrons. The van der Waals surface area contributed by atoms with E-state index >= 15 is 0 Å². The number of rotatable bonds is 0. The molecule has 3 rings (SSSR count). The van der Waals surface area contributed by atoms with E-state index in [1.165, 1.54) is 6.08 Å². The summed E-state index contributed by atoms with van der Waals surface area (Å²) in [7, 11) is -5.14. The molecule has 1 aromatic rings. The van der Waals surface area contributed by atoms with Crippen molar-refractivity contribution < 1.29 is 16.8 Å². The Balaban J connectivity index is 2.35. The molecule has 0 radical (unpaired) electrons. The summed E-state index contributed by atoms with van der Waals surface area (Å²) in [5.41, 5.74) is 3.34. The van der Waals surface area contributed by atoms with Crippen molar-refractivity contribution in [1.82, 2.24) is 0 Å². The third-order valence-corrected chi connectivity index (χ3v) is 4.87. The second kappa shape index (κ2) is 4.32. The fourth-order valence-corrected chi connectivity index (χ4v) is 3.95. The van der Waals surface area contributed by atoms with Crippen molar-refractivity contribution in [3.8, 4) is 0 Å². The highest BCUT2D eigenvalue weighted by atomic mass is 32.2. The van der Waals surface area contributed by atoms with E-state index in [-0.39, 0.29) is 9.73 Å². The lowest BCUT2D eigenvalue weighted by atomic mass is 9.98. The Labute approximate surface area is 112 Å². The van der Waals surface area contributed by atoms with Gasteiger partial charge in [0.1, 0.15) is 9.73 Å². The van der Waals surface area contributed by atoms with Gasteiger partial charge in [-0.3, -0.25) is 0 Å². The van der Waals surface area contributed by atoms with Crippen molar-refractivity contribution in [2.75, 3.05) is 0 Å². The Morgan fingerprint density at radius 2 is 1.63 bits per heavy atom. The van der Waals surface area contributed by atoms with Crippen molar-refractivity contribution >= 4 is 35.9 Å². The van der Waals surface area contributed by atoms with E-state index in [1.807, 2.05) is 24.3 Å². The van der Waals surface area contributed by atoms with Gasteiger partial charge in [0.25, 0.3) is 0 Å². The zero-order chi connectivity index (χ0) is 13.6. The fourth-order valence-electron chi connectivity index (χ4n) is 2.48. The van der Waals surface area contributed by atoms with Crippen LogP contribution in [0.25, 0.3) is 5.57 Å². The van der Waals surface area contributed by atoms with E-state index in [2.05, 4.69) is 0 Å². The fraction of sp³-hybridized carbons (Fsp3) is 0.0769. The standard InChI is InChI=1S/C13H8O4S2/c14-18(15)12-6-5-10-9-4-2-1-3-8(9)7-11(10)13(12)19(16)17/h1-6H,7H2. The minimum absolute atomic E-state index is 0.109. The van der Waals surface area contributed by atoms with Gasteiger partial charge < -0.3 is 0 Å². The van der Waals surface area contributed by atoms with Gasteiger partial charge in [-0.05, 0) is 28.3 Å². The summed E-state index contributed by atoms with van der Waals surface area (Å²) in [5.74, 6) is 0. The van der Waals surface area contributed by atoms with Crippen LogP contribution in [0.5, 0.6) is 0 Å². The molecule has 19 heavy (non-hydrogen) atoms. The van der Waals surface area contributed by atoms with Crippen molar-refractivity contribution in [2.24, 2.45) is 0 Å². The van der Waals surface area contributed by atoms with E-state index in [0.29, 0.717) is 12.0 Å². The van der Waals surface area contributed by atoms with Gasteiger partial charge in [0, 0.05) is 6.42 Å². The highest BCUT2D eigenvalue weighted by Gasteiger charge is 2.29. The minimum Gasteiger partial charge on any atom is -0.184 e. The SMILES string of the molecule is O=S(=O)=C1C=CC2=C(Cc3ccccc32)C1=S(=O)=O. The molecule has 4 nitrogen and oxygen atoms in total. The maximum absolute atomic E-state index is 11.4. The first-order valence-corrected chi connectivity index (χ1v) is 7.67. The molecule has 0 heterocycles. The van der Waals surface area contributed by atoms with Gasteiger partial charge in [0.15, 0.2) is 0 Å². The van der Waals surface area contributed by atoms with Crippen LogP contribution < -0.4 is 0 Å². The first-order valence-electron chi connectivity index (χ1n) is 5.52. The molecule has 0 spiro atoms. The monoisotopic (exact) mass is 292 g/mol. The first kappa shape index (κ1) is 12.1. The summed E-state index contributed by atoms with van der Waals surface area (Å²) >= 11 is 0. The third kappa shape index (κ3) is 1.80. The lowest BCUT2D eigenvalue weighted by molar-refractivity contribution is 0.625. The maximum Gasteiger partial charge on any atom is 0.223 e. The second-order valence-corrected chi connectivity index (χ2v) is 6.01. The summed E-state index contributed by atoms with van der Waals surface area (Å²) in [4.78, 5) is -0.276. The normalized spacial score (nSPS) is 16.4. The van der Waals surface area contributed by atoms with Gasteiger partial charge in [-0.1, -0.05) is 30.3 Å². The third-order valence-electron chi connectivity index (χ3n) is 3.25. The van der Waals surface area contributed by atoms with Crippen LogP contribution in [0.15, 0.2) is 42.0 Å². The number of benzene rings is 1. The van der Waals surface area contributed by atoms with Crippen LogP contribution >= 0.6 is 0 Å². The lowest BCUT2D eigenvalue weighted by Gasteiger charge is -2.09. The molecule has 0 aromatic heterocycles. The predicted octanol–water partition coefficient (Wildman–Crippen LogP) is 0.669. The van der Waals surface area contributed by atoms with Crippen molar-refractivity contribution in [3.05, 3.63) is 53.1 Å². The molecule has 6 heteroatoms. The van der Waals surface area contributed by atoms with Gasteiger partial charge in [-0.15, -0.1) is 0 Å². The van der Waals surface area contributed by atoms with Crippen LogP contribution in [0.1, 0.15) is 11.1 Å². The highest BCUT2D eigenvalue weighted by molar-refractivity contribution is 7.83. The largest absolute Gasteiger partial charge is 0.223 e. The second-order valence-electron chi connectivity index (χ2n) is 4.22. The van der Waals surface area contributed by atoms with E-state index in [9.17, 15) is 16.8 Å². The van der Waals surface area contributed by atoms with Gasteiger partial charge in [0.05, 0.1) is 0 Å². The van der Waals surface area contributed by atoms with Crippen LogP contribution in [-0.4, -0.2) is 26.6 Å². The number of hydrogen-bond acceptors (Lipinski definition) is 4. The van der Waals surface area contributed by atoms with Crippen LogP contribution in [-0.2, 0) is 27.0 Å². The minimum atomic E-state index is -2.57. The van der Waals surface area contributed by atoms with Crippen LogP contribution in [0.2, 0.25) is 0 Å². The summed E-state index contributed by atoms with van der Waals surface area (Å²) < 4.78 is 45.0. The predicted molar refractivity (Wildman–Crippen MR) is 74.1 cm³/mol. The van der Waals surface area contributed by atoms with Gasteiger partial charge in [-0.25, -0.2) is 0 Å². The number of allylic oxidation sites excluding steroid dienone is 4. The van der Waals surface area contributed by atoms with Crippen molar-refractivity contribution in [3.63, 3.8) is 0 Å². The lowest BCUT2D eigenvalue weighted by Crippen LogP contribution is -2.20. The van der Waals surface area contributed by atoms with E-state index < -0.39 is 20.6 Å². The molecule has 0 saturated carbocycles. The topological polar surface area (TPSA) is 68.3 Å². The molecule has 0 unspecified atom stereocenters. The number of fused-ring (bicyclic) bond motifs is 2. The molecule has 0 bridgehead atoms. The Hall–Kier alpha value is -1.92. The molecule has 0 aliphatic heterocycles. The average Bonchev–Trinajstić information content (AvgIpc) is 2.75. The Morgan fingerprint density at radius 1 is 0.895 bits per heavy atom. The van der Waals surface area contributed by atoms with Crippen LogP contribution in [0, 0.1) is 0 Å². The summed E-state index contributed by atoms with van der Waals surface area (Å²) in [6.07, 6.45) is 3.46. The molecule has 0 fully saturated rings. The molecule has 0 atom stereocenters. The zero-order valence-corrected chi connectivity index (χ0v) is 11.3. The molecule has 0 saturated heterocycles. The smallest absolute Gasteiger partial charge is 0.184 e. The Morgan fingerprint density at radius 3 is 2.32 bits per heavy atom. The molecule has 0 N–H and O–H groups in total. The number of hydrogen-bond donors (Lipinski definition) is 0. The first-order chi connectivity index (χ1) is 9.09. The van der Waals surface area contributed by atoms with Gasteiger partial charge in [0.2, 0.25) is 20.6 Å². The quantitative estimate of drug-likeness (QED) is 0.659. The Kier molecular flexibility index (Phi) is 2.76. The molecule has 2 aliphatic carbocycles. The van der Waals surface area contributed by atoms with Crippen molar-refractivity contribution in [2.45, 2.75) is 6.42 Å². The molecular formula is C13H8O4S2. The van der Waals surface area contributed by atoms with E-state index in [0.717, 1.165) is 16.7 Å². The molecule has 2 aliphatic rings. The van der Waals surface area contributed by atoms with E-state index in [1.54, 1.807) is 6.08 Å². The summed E-state index contributed by atoms with van der Waals surface area (Å²) in [6.45, 7) is 0.